The van der Waals surface area contributed by atoms with Crippen molar-refractivity contribution in [1.29, 1.82) is 0 Å². The Morgan fingerprint density at radius 2 is 1.47 bits per heavy atom. The van der Waals surface area contributed by atoms with Crippen molar-refractivity contribution in [3.63, 3.8) is 0 Å². The van der Waals surface area contributed by atoms with Crippen LogP contribution in [0.3, 0.4) is 0 Å². The van der Waals surface area contributed by atoms with Crippen molar-refractivity contribution in [2.75, 3.05) is 19.4 Å². The van der Waals surface area contributed by atoms with E-state index in [2.05, 4.69) is 16.2 Å². The van der Waals surface area contributed by atoms with E-state index in [0.717, 1.165) is 25.0 Å². The van der Waals surface area contributed by atoms with E-state index in [1.54, 1.807) is 0 Å². The van der Waals surface area contributed by atoms with Gasteiger partial charge in [0.15, 0.2) is 0 Å². The highest BCUT2D eigenvalue weighted by atomic mass is 31.0. The smallest absolute Gasteiger partial charge is 0.0468 e. The molecule has 0 amide bonds. The number of hydrogen-bond acceptors (Lipinski definition) is 1. The maximum Gasteiger partial charge on any atom is 0.0468 e. The highest BCUT2D eigenvalue weighted by Crippen LogP contribution is 2.24. The average molecular weight is 260 g/mol. The average Bonchev–Trinajstić information content (AvgIpc) is 2.43. The fraction of sp³-hybridized carbons (Fsp3) is 1.00. The van der Waals surface area contributed by atoms with E-state index >= 15 is 0 Å². The topological polar surface area (TPSA) is 9.23 Å². The van der Waals surface area contributed by atoms with Crippen LogP contribution in [0.25, 0.3) is 0 Å². The minimum atomic E-state index is 0.911. The van der Waals surface area contributed by atoms with E-state index < -0.39 is 0 Å². The maximum atomic E-state index is 5.14. The normalized spacial score (nSPS) is 21.9. The summed E-state index contributed by atoms with van der Waals surface area (Å²) >= 11 is 0. The van der Waals surface area contributed by atoms with Gasteiger partial charge >= 0.3 is 0 Å². The molecular weight excluding hydrogens is 227 g/mol. The molecule has 0 aromatic rings. The summed E-state index contributed by atoms with van der Waals surface area (Å²) in [6.07, 6.45) is 11.3. The third-order valence-corrected chi connectivity index (χ3v) is 4.23. The first-order valence-electron chi connectivity index (χ1n) is 7.60. The summed E-state index contributed by atoms with van der Waals surface area (Å²) in [4.78, 5) is 0. The molecule has 0 N–H and O–H groups in total. The fourth-order valence-corrected chi connectivity index (χ4v) is 2.71. The van der Waals surface area contributed by atoms with Gasteiger partial charge in [-0.05, 0) is 30.8 Å². The first-order valence-corrected chi connectivity index (χ1v) is 8.42. The van der Waals surface area contributed by atoms with Crippen molar-refractivity contribution in [3.8, 4) is 0 Å². The van der Waals surface area contributed by atoms with Crippen molar-refractivity contribution in [2.24, 2.45) is 11.8 Å². The van der Waals surface area contributed by atoms with Gasteiger partial charge < -0.3 is 4.74 Å². The summed E-state index contributed by atoms with van der Waals surface area (Å²) in [5.41, 5.74) is 0. The lowest BCUT2D eigenvalue weighted by molar-refractivity contribution is 0.0716. The van der Waals surface area contributed by atoms with Gasteiger partial charge in [0.1, 0.15) is 0 Å². The molecule has 1 unspecified atom stereocenters. The summed E-state index contributed by atoms with van der Waals surface area (Å²) in [5, 5.41) is 0. The van der Waals surface area contributed by atoms with Crippen LogP contribution in [0, 0.1) is 11.8 Å². The number of rotatable bonds is 1. The Labute approximate surface area is 111 Å². The molecule has 1 aliphatic heterocycles. The quantitative estimate of drug-likeness (QED) is 0.609. The van der Waals surface area contributed by atoms with Crippen LogP contribution in [-0.2, 0) is 4.74 Å². The van der Waals surface area contributed by atoms with Gasteiger partial charge in [0.25, 0.3) is 0 Å². The van der Waals surface area contributed by atoms with Crippen molar-refractivity contribution >= 4 is 9.24 Å². The highest BCUT2D eigenvalue weighted by Gasteiger charge is 2.09. The van der Waals surface area contributed by atoms with Gasteiger partial charge in [-0.1, -0.05) is 52.9 Å². The molecule has 1 aliphatic carbocycles. The van der Waals surface area contributed by atoms with Crippen LogP contribution in [0.4, 0.5) is 0 Å². The van der Waals surface area contributed by atoms with Gasteiger partial charge in [-0.3, -0.25) is 0 Å². The van der Waals surface area contributed by atoms with E-state index in [1.165, 1.54) is 51.1 Å². The minimum Gasteiger partial charge on any atom is -0.381 e. The molecule has 0 bridgehead atoms. The molecule has 0 radical (unpaired) electrons. The summed E-state index contributed by atoms with van der Waals surface area (Å²) in [6.45, 7) is 8.25. The molecule has 1 heterocycles. The summed E-state index contributed by atoms with van der Waals surface area (Å²) in [6, 6.07) is 0. The Bertz CT molecular complexity index is 138. The molecular formula is C15H33OP. The molecule has 104 valence electrons. The Morgan fingerprint density at radius 1 is 0.941 bits per heavy atom. The van der Waals surface area contributed by atoms with Gasteiger partial charge in [0.2, 0.25) is 0 Å². The summed E-state index contributed by atoms with van der Waals surface area (Å²) in [5.74, 6) is 1.96. The van der Waals surface area contributed by atoms with E-state index in [1.807, 2.05) is 13.8 Å². The van der Waals surface area contributed by atoms with Crippen LogP contribution in [0.1, 0.15) is 65.7 Å². The van der Waals surface area contributed by atoms with Crippen LogP contribution < -0.4 is 0 Å². The molecule has 0 spiro atoms. The highest BCUT2D eigenvalue weighted by molar-refractivity contribution is 7.16. The standard InChI is InChI=1S/C7H15P.C6H12O.C2H6/c8-6-7-4-2-1-3-5-7;1-6-2-4-7-5-3-6;1-2/h7H,1-6,8H2;6H,2-5H2,1H3;1-2H3. The first-order chi connectivity index (χ1) is 8.33. The van der Waals surface area contributed by atoms with Gasteiger partial charge in [-0.15, -0.1) is 9.24 Å². The van der Waals surface area contributed by atoms with Gasteiger partial charge in [0.05, 0.1) is 0 Å². The Morgan fingerprint density at radius 3 is 1.76 bits per heavy atom. The Kier molecular flexibility index (Phi) is 13.1. The summed E-state index contributed by atoms with van der Waals surface area (Å²) in [7, 11) is 2.85. The second kappa shape index (κ2) is 12.8. The molecule has 0 aromatic heterocycles. The van der Waals surface area contributed by atoms with E-state index in [9.17, 15) is 0 Å². The van der Waals surface area contributed by atoms with Gasteiger partial charge in [-0.25, -0.2) is 0 Å². The molecule has 1 saturated carbocycles. The van der Waals surface area contributed by atoms with E-state index in [0.29, 0.717) is 0 Å². The van der Waals surface area contributed by atoms with Crippen molar-refractivity contribution in [3.05, 3.63) is 0 Å². The molecule has 1 nitrogen and oxygen atoms in total. The van der Waals surface area contributed by atoms with Gasteiger partial charge in [-0.2, -0.15) is 0 Å². The van der Waals surface area contributed by atoms with Crippen LogP contribution >= 0.6 is 9.24 Å². The van der Waals surface area contributed by atoms with Crippen molar-refractivity contribution in [1.82, 2.24) is 0 Å². The Balaban J connectivity index is 0.000000265. The Hall–Kier alpha value is 0.390. The fourth-order valence-electron chi connectivity index (χ4n) is 2.24. The van der Waals surface area contributed by atoms with Crippen molar-refractivity contribution < 1.29 is 4.74 Å². The van der Waals surface area contributed by atoms with E-state index in [-0.39, 0.29) is 0 Å². The SMILES string of the molecule is CC.CC1CCOCC1.PCC1CCCCC1. The molecule has 2 heteroatoms. The molecule has 1 saturated heterocycles. The minimum absolute atomic E-state index is 0.911. The predicted octanol–water partition coefficient (Wildman–Crippen LogP) is 4.90. The molecule has 2 rings (SSSR count). The lowest BCUT2D eigenvalue weighted by Gasteiger charge is -2.18. The van der Waals surface area contributed by atoms with Crippen LogP contribution in [0.5, 0.6) is 0 Å². The zero-order valence-corrected chi connectivity index (χ0v) is 13.4. The zero-order valence-electron chi connectivity index (χ0n) is 12.2. The lowest BCUT2D eigenvalue weighted by atomic mass is 9.91. The van der Waals surface area contributed by atoms with Crippen LogP contribution in [0.2, 0.25) is 0 Å². The second-order valence-electron chi connectivity index (χ2n) is 5.03. The lowest BCUT2D eigenvalue weighted by Crippen LogP contribution is -2.12. The maximum absolute atomic E-state index is 5.14. The third-order valence-electron chi connectivity index (χ3n) is 3.57. The molecule has 2 fully saturated rings. The largest absolute Gasteiger partial charge is 0.381 e. The molecule has 17 heavy (non-hydrogen) atoms. The van der Waals surface area contributed by atoms with Crippen LogP contribution in [-0.4, -0.2) is 19.4 Å². The molecule has 1 atom stereocenters. The number of ether oxygens (including phenoxy) is 1. The van der Waals surface area contributed by atoms with E-state index in [4.69, 9.17) is 4.74 Å². The number of hydrogen-bond donors (Lipinski definition) is 0. The predicted molar refractivity (Wildman–Crippen MR) is 81.7 cm³/mol. The second-order valence-corrected chi connectivity index (χ2v) is 5.51. The van der Waals surface area contributed by atoms with Crippen molar-refractivity contribution in [2.45, 2.75) is 65.7 Å². The first kappa shape index (κ1) is 17.4. The summed E-state index contributed by atoms with van der Waals surface area (Å²) < 4.78 is 5.14. The van der Waals surface area contributed by atoms with Gasteiger partial charge in [0, 0.05) is 13.2 Å². The molecule has 2 aliphatic rings. The van der Waals surface area contributed by atoms with Crippen LogP contribution in [0.15, 0.2) is 0 Å². The third kappa shape index (κ3) is 10.0. The monoisotopic (exact) mass is 260 g/mol. The molecule has 0 aromatic carbocycles. The zero-order chi connectivity index (χ0) is 12.9.